The molecule has 1 N–H and O–H groups in total. The topological polar surface area (TPSA) is 12.0 Å². The largest absolute Gasteiger partial charge is 0.312 e. The molecule has 2 atom stereocenters. The van der Waals surface area contributed by atoms with E-state index in [9.17, 15) is 0 Å². The molecule has 2 unspecified atom stereocenters. The minimum atomic E-state index is 0.315. The molecular weight excluding hydrogens is 274 g/mol. The maximum absolute atomic E-state index is 6.12. The van der Waals surface area contributed by atoms with Gasteiger partial charge >= 0.3 is 0 Å². The summed E-state index contributed by atoms with van der Waals surface area (Å²) in [4.78, 5) is 1.41. The minimum absolute atomic E-state index is 0.315. The third-order valence-corrected chi connectivity index (χ3v) is 5.10. The van der Waals surface area contributed by atoms with Crippen LogP contribution in [0.1, 0.15) is 23.1 Å². The van der Waals surface area contributed by atoms with Crippen molar-refractivity contribution in [1.82, 2.24) is 5.32 Å². The normalized spacial score (nSPS) is 19.2. The summed E-state index contributed by atoms with van der Waals surface area (Å²) >= 11 is 8.07. The summed E-state index contributed by atoms with van der Waals surface area (Å²) in [5.41, 5.74) is 2.71. The van der Waals surface area contributed by atoms with Crippen LogP contribution in [0.15, 0.2) is 53.4 Å². The third-order valence-electron chi connectivity index (χ3n) is 3.66. The number of likely N-dealkylation sites (N-methyl/N-ethyl adjacent to an activating group) is 1. The molecule has 0 aliphatic carbocycles. The van der Waals surface area contributed by atoms with Gasteiger partial charge in [-0.1, -0.05) is 41.9 Å². The maximum atomic E-state index is 6.12. The molecule has 0 fully saturated rings. The van der Waals surface area contributed by atoms with Gasteiger partial charge in [-0.3, -0.25) is 0 Å². The van der Waals surface area contributed by atoms with Gasteiger partial charge in [-0.25, -0.2) is 0 Å². The zero-order valence-electron chi connectivity index (χ0n) is 10.8. The highest BCUT2D eigenvalue weighted by atomic mass is 35.5. The van der Waals surface area contributed by atoms with Crippen LogP contribution < -0.4 is 5.32 Å². The van der Waals surface area contributed by atoms with Crippen LogP contribution in [0, 0.1) is 0 Å². The van der Waals surface area contributed by atoms with Crippen LogP contribution in [0.3, 0.4) is 0 Å². The second-order valence-corrected chi connectivity index (χ2v) is 6.27. The van der Waals surface area contributed by atoms with Gasteiger partial charge in [-0.05, 0) is 36.4 Å². The van der Waals surface area contributed by atoms with E-state index in [1.54, 1.807) is 0 Å². The number of benzene rings is 2. The van der Waals surface area contributed by atoms with Crippen molar-refractivity contribution in [1.29, 1.82) is 0 Å². The van der Waals surface area contributed by atoms with Crippen LogP contribution in [0.2, 0.25) is 5.02 Å². The first-order valence-corrected chi connectivity index (χ1v) is 7.80. The zero-order chi connectivity index (χ0) is 13.2. The summed E-state index contributed by atoms with van der Waals surface area (Å²) in [6, 6.07) is 17.2. The van der Waals surface area contributed by atoms with Gasteiger partial charge < -0.3 is 5.32 Å². The van der Waals surface area contributed by atoms with E-state index in [0.717, 1.165) is 10.8 Å². The van der Waals surface area contributed by atoms with Crippen LogP contribution in [0.5, 0.6) is 0 Å². The Kier molecular flexibility index (Phi) is 3.83. The predicted octanol–water partition coefficient (Wildman–Crippen LogP) is 4.49. The summed E-state index contributed by atoms with van der Waals surface area (Å²) in [6.07, 6.45) is 0. The van der Waals surface area contributed by atoms with Gasteiger partial charge in [-0.15, -0.1) is 11.8 Å². The van der Waals surface area contributed by atoms with Gasteiger partial charge in [0.1, 0.15) is 0 Å². The van der Waals surface area contributed by atoms with Crippen LogP contribution in [-0.4, -0.2) is 12.8 Å². The highest BCUT2D eigenvalue weighted by molar-refractivity contribution is 7.99. The van der Waals surface area contributed by atoms with Gasteiger partial charge in [0.15, 0.2) is 0 Å². The van der Waals surface area contributed by atoms with Crippen LogP contribution in [-0.2, 0) is 0 Å². The number of hydrogen-bond acceptors (Lipinski definition) is 2. The van der Waals surface area contributed by atoms with Crippen molar-refractivity contribution < 1.29 is 0 Å². The monoisotopic (exact) mass is 289 g/mol. The molecule has 0 amide bonds. The Labute approximate surface area is 123 Å². The number of hydrogen-bond donors (Lipinski definition) is 1. The molecule has 1 aliphatic heterocycles. The summed E-state index contributed by atoms with van der Waals surface area (Å²) < 4.78 is 0. The molecule has 3 rings (SSSR count). The quantitative estimate of drug-likeness (QED) is 0.893. The van der Waals surface area contributed by atoms with Crippen LogP contribution in [0.4, 0.5) is 0 Å². The van der Waals surface area contributed by atoms with E-state index < -0.39 is 0 Å². The first kappa shape index (κ1) is 13.0. The summed E-state index contributed by atoms with van der Waals surface area (Å²) in [6.45, 7) is 0. The van der Waals surface area contributed by atoms with Crippen LogP contribution in [0.25, 0.3) is 0 Å². The first-order chi connectivity index (χ1) is 9.29. The zero-order valence-corrected chi connectivity index (χ0v) is 12.3. The first-order valence-electron chi connectivity index (χ1n) is 6.44. The summed E-state index contributed by atoms with van der Waals surface area (Å²) in [7, 11) is 2.02. The van der Waals surface area contributed by atoms with Crippen molar-refractivity contribution >= 4 is 23.4 Å². The molecule has 1 nitrogen and oxygen atoms in total. The fourth-order valence-electron chi connectivity index (χ4n) is 2.76. The van der Waals surface area contributed by atoms with E-state index >= 15 is 0 Å². The van der Waals surface area contributed by atoms with Gasteiger partial charge in [0.2, 0.25) is 0 Å². The smallest absolute Gasteiger partial charge is 0.0409 e. The van der Waals surface area contributed by atoms with Crippen molar-refractivity contribution in [3.8, 4) is 0 Å². The van der Waals surface area contributed by atoms with Crippen LogP contribution >= 0.6 is 23.4 Å². The van der Waals surface area contributed by atoms with Gasteiger partial charge in [0.25, 0.3) is 0 Å². The van der Waals surface area contributed by atoms with Crippen molar-refractivity contribution in [2.45, 2.75) is 16.9 Å². The molecule has 0 radical (unpaired) electrons. The number of halogens is 1. The van der Waals surface area contributed by atoms with Crippen molar-refractivity contribution in [3.05, 3.63) is 64.7 Å². The molecule has 0 spiro atoms. The molecule has 1 aliphatic rings. The fourth-order valence-corrected chi connectivity index (χ4v) is 4.25. The maximum Gasteiger partial charge on any atom is 0.0409 e. The second kappa shape index (κ2) is 5.58. The molecule has 2 aromatic rings. The molecule has 2 aromatic carbocycles. The highest BCUT2D eigenvalue weighted by Gasteiger charge is 2.30. The number of thioether (sulfide) groups is 1. The predicted molar refractivity (Wildman–Crippen MR) is 83.2 cm³/mol. The molecule has 0 saturated heterocycles. The van der Waals surface area contributed by atoms with Crippen molar-refractivity contribution in [3.63, 3.8) is 0 Å². The number of nitrogens with one attached hydrogen (secondary N) is 1. The average molecular weight is 290 g/mol. The lowest BCUT2D eigenvalue weighted by atomic mass is 9.89. The number of rotatable bonds is 3. The Balaban J connectivity index is 1.96. The number of fused-ring (bicyclic) bond motifs is 1. The lowest BCUT2D eigenvalue weighted by molar-refractivity contribution is 0.515. The minimum Gasteiger partial charge on any atom is -0.312 e. The lowest BCUT2D eigenvalue weighted by Gasteiger charge is -2.24. The molecule has 98 valence electrons. The van der Waals surface area contributed by atoms with Gasteiger partial charge in [0, 0.05) is 27.6 Å². The third kappa shape index (κ3) is 2.53. The van der Waals surface area contributed by atoms with Gasteiger partial charge in [-0.2, -0.15) is 0 Å². The van der Waals surface area contributed by atoms with Crippen molar-refractivity contribution in [2.75, 3.05) is 12.8 Å². The van der Waals surface area contributed by atoms with E-state index in [0.29, 0.717) is 12.0 Å². The van der Waals surface area contributed by atoms with E-state index in [2.05, 4.69) is 41.7 Å². The molecule has 3 heteroatoms. The summed E-state index contributed by atoms with van der Waals surface area (Å²) in [5.74, 6) is 1.63. The molecule has 0 aromatic heterocycles. The van der Waals surface area contributed by atoms with E-state index in [1.165, 1.54) is 16.0 Å². The van der Waals surface area contributed by atoms with Crippen molar-refractivity contribution in [2.24, 2.45) is 0 Å². The second-order valence-electron chi connectivity index (χ2n) is 4.78. The Hall–Kier alpha value is -0.960. The molecule has 1 heterocycles. The van der Waals surface area contributed by atoms with E-state index in [-0.39, 0.29) is 0 Å². The summed E-state index contributed by atoms with van der Waals surface area (Å²) in [5, 5.41) is 4.26. The molecular formula is C16H16ClNS. The molecule has 0 saturated carbocycles. The van der Waals surface area contributed by atoms with E-state index in [4.69, 9.17) is 11.6 Å². The Morgan fingerprint density at radius 3 is 2.84 bits per heavy atom. The standard InChI is InChI=1S/C16H16ClNS/c1-18-16(11-5-4-6-12(17)9-11)14-10-19-15-8-3-2-7-13(14)15/h2-9,14,16,18H,10H2,1H3. The van der Waals surface area contributed by atoms with Gasteiger partial charge in [0.05, 0.1) is 0 Å². The van der Waals surface area contributed by atoms with E-state index in [1.807, 2.05) is 30.9 Å². The SMILES string of the molecule is CNC(c1cccc(Cl)c1)C1CSc2ccccc21. The Morgan fingerprint density at radius 1 is 1.21 bits per heavy atom. The fraction of sp³-hybridized carbons (Fsp3) is 0.250. The molecule has 0 bridgehead atoms. The highest BCUT2D eigenvalue weighted by Crippen LogP contribution is 2.45. The average Bonchev–Trinajstić information content (AvgIpc) is 2.84. The molecule has 19 heavy (non-hydrogen) atoms. The lowest BCUT2D eigenvalue weighted by Crippen LogP contribution is -2.24. The Bertz CT molecular complexity index is 584. The Morgan fingerprint density at radius 2 is 2.05 bits per heavy atom.